The maximum atomic E-state index is 12.2. The highest BCUT2D eigenvalue weighted by Gasteiger charge is 2.20. The van der Waals surface area contributed by atoms with Gasteiger partial charge in [0.25, 0.3) is 0 Å². The van der Waals surface area contributed by atoms with Crippen molar-refractivity contribution in [1.82, 2.24) is 4.72 Å². The first-order valence-electron chi connectivity index (χ1n) is 6.07. The maximum Gasteiger partial charge on any atom is 0.241 e. The van der Waals surface area contributed by atoms with Crippen molar-refractivity contribution in [3.63, 3.8) is 0 Å². The number of nitrogens with two attached hydrogens (primary N) is 1. The van der Waals surface area contributed by atoms with Crippen molar-refractivity contribution < 1.29 is 8.42 Å². The van der Waals surface area contributed by atoms with E-state index in [2.05, 4.69) is 4.72 Å². The van der Waals surface area contributed by atoms with Gasteiger partial charge in [0.1, 0.15) is 0 Å². The number of nitrogens with one attached hydrogen (secondary N) is 1. The summed E-state index contributed by atoms with van der Waals surface area (Å²) in [6.45, 7) is 7.36. The molecule has 0 radical (unpaired) electrons. The Morgan fingerprint density at radius 2 is 1.89 bits per heavy atom. The van der Waals surface area contributed by atoms with Crippen LogP contribution in [0.1, 0.15) is 31.4 Å². The van der Waals surface area contributed by atoms with Gasteiger partial charge in [-0.05, 0) is 51.3 Å². The van der Waals surface area contributed by atoms with Gasteiger partial charge in [-0.15, -0.1) is 0 Å². The minimum atomic E-state index is -3.46. The quantitative estimate of drug-likeness (QED) is 0.855. The Labute approximate surface area is 110 Å². The van der Waals surface area contributed by atoms with Crippen molar-refractivity contribution in [2.24, 2.45) is 5.73 Å². The summed E-state index contributed by atoms with van der Waals surface area (Å²) in [4.78, 5) is 0.346. The van der Waals surface area contributed by atoms with Crippen molar-refractivity contribution in [3.8, 4) is 0 Å². The molecule has 0 aliphatic rings. The summed E-state index contributed by atoms with van der Waals surface area (Å²) in [5.41, 5.74) is 7.35. The summed E-state index contributed by atoms with van der Waals surface area (Å²) >= 11 is 0. The molecule has 0 fully saturated rings. The molecular formula is C13H22N2O2S. The second-order valence-corrected chi connectivity index (χ2v) is 6.69. The summed E-state index contributed by atoms with van der Waals surface area (Å²) in [5.74, 6) is 0. The van der Waals surface area contributed by atoms with Gasteiger partial charge in [0.05, 0.1) is 4.90 Å². The summed E-state index contributed by atoms with van der Waals surface area (Å²) in [5, 5.41) is 0. The van der Waals surface area contributed by atoms with E-state index in [1.54, 1.807) is 13.0 Å². The average molecular weight is 270 g/mol. The molecule has 0 spiro atoms. The fourth-order valence-electron chi connectivity index (χ4n) is 1.93. The zero-order chi connectivity index (χ0) is 13.9. The van der Waals surface area contributed by atoms with Gasteiger partial charge in [0.15, 0.2) is 0 Å². The summed E-state index contributed by atoms with van der Waals surface area (Å²) in [6, 6.07) is 5.21. The van der Waals surface area contributed by atoms with E-state index < -0.39 is 10.0 Å². The summed E-state index contributed by atoms with van der Waals surface area (Å²) < 4.78 is 27.2. The molecule has 2 unspecified atom stereocenters. The van der Waals surface area contributed by atoms with Crippen LogP contribution in [0.4, 0.5) is 0 Å². The Morgan fingerprint density at radius 1 is 1.28 bits per heavy atom. The number of hydrogen-bond donors (Lipinski definition) is 2. The molecular weight excluding hydrogens is 248 g/mol. The van der Waals surface area contributed by atoms with Gasteiger partial charge in [-0.2, -0.15) is 0 Å². The van der Waals surface area contributed by atoms with Gasteiger partial charge in [-0.3, -0.25) is 0 Å². The molecule has 0 bridgehead atoms. The van der Waals surface area contributed by atoms with Crippen LogP contribution in [0.5, 0.6) is 0 Å². The molecule has 0 saturated heterocycles. The number of hydrogen-bond acceptors (Lipinski definition) is 3. The minimum absolute atomic E-state index is 0.0266. The number of aryl methyl sites for hydroxylation is 2. The van der Waals surface area contributed by atoms with E-state index in [-0.39, 0.29) is 12.1 Å². The lowest BCUT2D eigenvalue weighted by atomic mass is 10.1. The van der Waals surface area contributed by atoms with Gasteiger partial charge < -0.3 is 5.73 Å². The fourth-order valence-corrected chi connectivity index (χ4v) is 3.52. The van der Waals surface area contributed by atoms with Crippen molar-refractivity contribution in [3.05, 3.63) is 29.3 Å². The van der Waals surface area contributed by atoms with Gasteiger partial charge in [-0.25, -0.2) is 13.1 Å². The van der Waals surface area contributed by atoms with Crippen LogP contribution in [0, 0.1) is 13.8 Å². The van der Waals surface area contributed by atoms with Gasteiger partial charge in [0.2, 0.25) is 10.0 Å². The number of benzene rings is 1. The largest absolute Gasteiger partial charge is 0.328 e. The van der Waals surface area contributed by atoms with Crippen LogP contribution in [-0.4, -0.2) is 20.5 Å². The molecule has 1 aromatic rings. The molecule has 0 heterocycles. The van der Waals surface area contributed by atoms with Crippen molar-refractivity contribution >= 4 is 10.0 Å². The normalized spacial score (nSPS) is 15.4. The third-order valence-corrected chi connectivity index (χ3v) is 4.45. The van der Waals surface area contributed by atoms with Crippen molar-refractivity contribution in [2.45, 2.75) is 51.1 Å². The molecule has 0 aromatic heterocycles. The second kappa shape index (κ2) is 5.82. The van der Waals surface area contributed by atoms with E-state index in [1.165, 1.54) is 0 Å². The van der Waals surface area contributed by atoms with E-state index in [0.29, 0.717) is 11.3 Å². The Bertz CT molecular complexity index is 510. The SMILES string of the molecule is Cc1ccc(C)c(S(=O)(=O)NC(C)CC(C)N)c1. The summed E-state index contributed by atoms with van der Waals surface area (Å²) in [6.07, 6.45) is 0.615. The monoisotopic (exact) mass is 270 g/mol. The highest BCUT2D eigenvalue weighted by atomic mass is 32.2. The lowest BCUT2D eigenvalue weighted by Crippen LogP contribution is -2.36. The lowest BCUT2D eigenvalue weighted by Gasteiger charge is -2.17. The molecule has 1 rings (SSSR count). The molecule has 0 saturated carbocycles. The van der Waals surface area contributed by atoms with Crippen molar-refractivity contribution in [2.75, 3.05) is 0 Å². The molecule has 4 nitrogen and oxygen atoms in total. The van der Waals surface area contributed by atoms with Crippen LogP contribution in [0.25, 0.3) is 0 Å². The first-order chi connectivity index (χ1) is 8.22. The van der Waals surface area contributed by atoms with Crippen LogP contribution in [-0.2, 0) is 10.0 Å². The van der Waals surface area contributed by atoms with E-state index in [1.807, 2.05) is 32.9 Å². The molecule has 5 heteroatoms. The van der Waals surface area contributed by atoms with Crippen LogP contribution >= 0.6 is 0 Å². The van der Waals surface area contributed by atoms with Crippen molar-refractivity contribution in [1.29, 1.82) is 0 Å². The predicted octanol–water partition coefficient (Wildman–Crippen LogP) is 1.71. The molecule has 0 amide bonds. The van der Waals surface area contributed by atoms with Gasteiger partial charge >= 0.3 is 0 Å². The first kappa shape index (κ1) is 15.1. The van der Waals surface area contributed by atoms with Crippen LogP contribution in [0.15, 0.2) is 23.1 Å². The molecule has 102 valence electrons. The zero-order valence-corrected chi connectivity index (χ0v) is 12.2. The van der Waals surface area contributed by atoms with Crippen LogP contribution in [0.3, 0.4) is 0 Å². The second-order valence-electron chi connectivity index (χ2n) is 5.00. The molecule has 3 N–H and O–H groups in total. The maximum absolute atomic E-state index is 12.2. The van der Waals surface area contributed by atoms with E-state index in [4.69, 9.17) is 5.73 Å². The smallest absolute Gasteiger partial charge is 0.241 e. The van der Waals surface area contributed by atoms with Crippen LogP contribution in [0.2, 0.25) is 0 Å². The first-order valence-corrected chi connectivity index (χ1v) is 7.56. The molecule has 1 aromatic carbocycles. The highest BCUT2D eigenvalue weighted by molar-refractivity contribution is 7.89. The topological polar surface area (TPSA) is 72.2 Å². The number of sulfonamides is 1. The molecule has 0 aliphatic heterocycles. The molecule has 2 atom stereocenters. The van der Waals surface area contributed by atoms with Crippen LogP contribution < -0.4 is 10.5 Å². The molecule has 18 heavy (non-hydrogen) atoms. The summed E-state index contributed by atoms with van der Waals surface area (Å²) in [7, 11) is -3.46. The zero-order valence-electron chi connectivity index (χ0n) is 11.4. The fraction of sp³-hybridized carbons (Fsp3) is 0.538. The average Bonchev–Trinajstić information content (AvgIpc) is 2.19. The van der Waals surface area contributed by atoms with E-state index >= 15 is 0 Å². The van der Waals surface area contributed by atoms with Gasteiger partial charge in [-0.1, -0.05) is 12.1 Å². The van der Waals surface area contributed by atoms with E-state index in [0.717, 1.165) is 11.1 Å². The standard InChI is InChI=1S/C13H22N2O2S/c1-9-5-6-10(2)13(7-9)18(16,17)15-12(4)8-11(3)14/h5-7,11-12,15H,8,14H2,1-4H3. The highest BCUT2D eigenvalue weighted by Crippen LogP contribution is 2.17. The Hall–Kier alpha value is -0.910. The third kappa shape index (κ3) is 4.08. The molecule has 0 aliphatic carbocycles. The lowest BCUT2D eigenvalue weighted by molar-refractivity contribution is 0.519. The van der Waals surface area contributed by atoms with E-state index in [9.17, 15) is 8.42 Å². The Kier molecular flexibility index (Phi) is 4.90. The Morgan fingerprint density at radius 3 is 2.44 bits per heavy atom. The number of rotatable bonds is 5. The third-order valence-electron chi connectivity index (χ3n) is 2.71. The van der Waals surface area contributed by atoms with Gasteiger partial charge in [0, 0.05) is 12.1 Å². The minimum Gasteiger partial charge on any atom is -0.328 e. The Balaban J connectivity index is 2.96. The predicted molar refractivity (Wildman–Crippen MR) is 74.0 cm³/mol.